The predicted octanol–water partition coefficient (Wildman–Crippen LogP) is 8.62. The molecule has 0 aliphatic heterocycles. The van der Waals surface area contributed by atoms with Crippen molar-refractivity contribution in [2.45, 2.75) is 142 Å². The minimum Gasteiger partial charge on any atom is -0.481 e. The zero-order valence-electron chi connectivity index (χ0n) is 36.1. The van der Waals surface area contributed by atoms with Gasteiger partial charge in [0.25, 0.3) is 0 Å². The van der Waals surface area contributed by atoms with Gasteiger partial charge in [0.15, 0.2) is 0 Å². The molecule has 0 aromatic heterocycles. The van der Waals surface area contributed by atoms with E-state index in [-0.39, 0.29) is 17.3 Å². The van der Waals surface area contributed by atoms with Crippen LogP contribution in [-0.4, -0.2) is 94.2 Å². The maximum atomic E-state index is 13.2. The summed E-state index contributed by atoms with van der Waals surface area (Å²) in [5, 5.41) is 12.5. The van der Waals surface area contributed by atoms with Crippen LogP contribution in [0.15, 0.2) is 60.7 Å². The van der Waals surface area contributed by atoms with Gasteiger partial charge >= 0.3 is 5.97 Å². The lowest BCUT2D eigenvalue weighted by Gasteiger charge is -2.36. The van der Waals surface area contributed by atoms with E-state index in [0.29, 0.717) is 12.3 Å². The minimum atomic E-state index is -0.684. The molecule has 7 heteroatoms. The summed E-state index contributed by atoms with van der Waals surface area (Å²) in [7, 11) is 8.46. The molecule has 2 rings (SSSR count). The van der Waals surface area contributed by atoms with Crippen LogP contribution in [0, 0.1) is 0 Å². The van der Waals surface area contributed by atoms with E-state index in [0.717, 1.165) is 90.6 Å². The van der Waals surface area contributed by atoms with Crippen molar-refractivity contribution in [3.63, 3.8) is 0 Å². The van der Waals surface area contributed by atoms with Crippen LogP contribution in [-0.2, 0) is 20.4 Å². The highest BCUT2D eigenvalue weighted by atomic mass is 16.4. The molecule has 1 amide bonds. The Morgan fingerprint density at radius 1 is 0.660 bits per heavy atom. The maximum absolute atomic E-state index is 13.2. The number of rotatable bonds is 26. The summed E-state index contributed by atoms with van der Waals surface area (Å²) < 4.78 is 0. The molecule has 7 nitrogen and oxygen atoms in total. The van der Waals surface area contributed by atoms with Gasteiger partial charge in [-0.25, -0.2) is 0 Å². The highest BCUT2D eigenvalue weighted by Crippen LogP contribution is 2.40. The maximum Gasteiger partial charge on any atom is 0.304 e. The van der Waals surface area contributed by atoms with E-state index in [2.05, 4.69) is 127 Å². The first-order valence-corrected chi connectivity index (χ1v) is 21.2. The zero-order chi connectivity index (χ0) is 40.0. The molecule has 0 fully saturated rings. The number of hydrogen-bond donors (Lipinski definition) is 3. The molecule has 3 N–H and O–H groups in total. The summed E-state index contributed by atoms with van der Waals surface area (Å²) in [6.07, 6.45) is 14.2. The van der Waals surface area contributed by atoms with Crippen LogP contribution in [0.4, 0.5) is 0 Å². The normalized spacial score (nSPS) is 11.5. The molecule has 0 atom stereocenters. The fourth-order valence-corrected chi connectivity index (χ4v) is 7.02. The van der Waals surface area contributed by atoms with E-state index in [1.54, 1.807) is 0 Å². The number of benzene rings is 2. The lowest BCUT2D eigenvalue weighted by atomic mass is 9.70. The number of nitrogens with zero attached hydrogens (tertiary/aromatic N) is 2. The second-order valence-electron chi connectivity index (χ2n) is 15.5. The molecule has 0 aliphatic rings. The molecule has 0 bridgehead atoms. The first-order chi connectivity index (χ1) is 25.4. The average Bonchev–Trinajstić information content (AvgIpc) is 3.15. The largest absolute Gasteiger partial charge is 0.481 e. The van der Waals surface area contributed by atoms with Crippen LogP contribution in [0.5, 0.6) is 0 Å². The van der Waals surface area contributed by atoms with Gasteiger partial charge in [-0.1, -0.05) is 147 Å². The Hall–Kier alpha value is -2.74. The Bertz CT molecular complexity index is 1140. The van der Waals surface area contributed by atoms with Gasteiger partial charge in [0.2, 0.25) is 5.91 Å². The smallest absolute Gasteiger partial charge is 0.304 e. The van der Waals surface area contributed by atoms with Crippen LogP contribution < -0.4 is 10.2 Å². The number of likely N-dealkylation sites (N-methyl/N-ethyl adjacent to an activating group) is 4. The molecule has 53 heavy (non-hydrogen) atoms. The summed E-state index contributed by atoms with van der Waals surface area (Å²) in [4.78, 5) is 30.2. The Labute approximate surface area is 327 Å². The van der Waals surface area contributed by atoms with Gasteiger partial charge in [-0.3, -0.25) is 9.59 Å². The fourth-order valence-electron chi connectivity index (χ4n) is 7.02. The van der Waals surface area contributed by atoms with E-state index in [9.17, 15) is 14.7 Å². The molecule has 0 unspecified atom stereocenters. The van der Waals surface area contributed by atoms with Gasteiger partial charge in [-0.05, 0) is 64.4 Å². The number of unbranched alkanes of at least 4 members (excludes halogenated alkanes) is 4. The number of quaternary nitrogens is 1. The molecule has 0 saturated heterocycles. The topological polar surface area (TPSA) is 77.3 Å². The van der Waals surface area contributed by atoms with Gasteiger partial charge in [0, 0.05) is 36.9 Å². The number of aliphatic carboxylic acids is 1. The SMILES string of the molecule is CCCCC(CCCC)(CC(=O)N(CC)CC[NH+](C)C)c1ccccc1.CCCCC(CCCC)(CC(=O)O)c1ccccc1.CCNCCN(C)C. The first kappa shape index (κ1) is 50.3. The Morgan fingerprint density at radius 2 is 1.08 bits per heavy atom. The van der Waals surface area contributed by atoms with Crippen molar-refractivity contribution < 1.29 is 19.6 Å². The van der Waals surface area contributed by atoms with Crippen molar-refractivity contribution in [1.29, 1.82) is 0 Å². The molecule has 304 valence electrons. The van der Waals surface area contributed by atoms with Crippen LogP contribution in [0.3, 0.4) is 0 Å². The monoisotopic (exact) mass is 740 g/mol. The highest BCUT2D eigenvalue weighted by Gasteiger charge is 2.35. The number of nitrogens with one attached hydrogen (secondary N) is 2. The Kier molecular flexibility index (Phi) is 29.0. The van der Waals surface area contributed by atoms with Crippen molar-refractivity contribution in [3.8, 4) is 0 Å². The standard InChI is InChI=1S/C23H40N2O.C17H26O2.C6H16N2/c1-6-9-16-23(17-10-7-2,21-14-12-11-13-15-21)20-22(26)25(8-3)19-18-24(4)5;1-3-5-12-17(13-6-4-2,14-16(18)19)15-10-8-7-9-11-15;1-4-7-5-6-8(2)3/h11-15H,6-10,16-20H2,1-5H3;7-11H,3-6,12-14H2,1-2H3,(H,18,19);7H,4-6H2,1-3H3/p+1. The minimum absolute atomic E-state index is 0.0112. The average molecular weight is 740 g/mol. The molecular formula is C46H83N4O3+. The van der Waals surface area contributed by atoms with Crippen molar-refractivity contribution in [2.24, 2.45) is 0 Å². The van der Waals surface area contributed by atoms with Crippen LogP contribution >= 0.6 is 0 Å². The van der Waals surface area contributed by atoms with Crippen LogP contribution in [0.25, 0.3) is 0 Å². The quantitative estimate of drug-likeness (QED) is 0.0843. The third-order valence-corrected chi connectivity index (χ3v) is 10.4. The van der Waals surface area contributed by atoms with Crippen molar-refractivity contribution in [2.75, 3.05) is 67.5 Å². The van der Waals surface area contributed by atoms with Crippen molar-refractivity contribution in [1.82, 2.24) is 15.1 Å². The molecule has 2 aromatic carbocycles. The van der Waals surface area contributed by atoms with E-state index in [1.165, 1.54) is 41.7 Å². The highest BCUT2D eigenvalue weighted by molar-refractivity contribution is 5.78. The van der Waals surface area contributed by atoms with Gasteiger partial charge in [-0.2, -0.15) is 0 Å². The lowest BCUT2D eigenvalue weighted by Crippen LogP contribution is -3.06. The first-order valence-electron chi connectivity index (χ1n) is 21.2. The van der Waals surface area contributed by atoms with E-state index in [4.69, 9.17) is 0 Å². The number of amides is 1. The van der Waals surface area contributed by atoms with E-state index in [1.807, 2.05) is 18.2 Å². The summed E-state index contributed by atoms with van der Waals surface area (Å²) in [5.74, 6) is -0.360. The molecule has 0 radical (unpaired) electrons. The molecular weight excluding hydrogens is 657 g/mol. The second-order valence-corrected chi connectivity index (χ2v) is 15.5. The molecule has 2 aromatic rings. The molecule has 0 saturated carbocycles. The summed E-state index contributed by atoms with van der Waals surface area (Å²) >= 11 is 0. The van der Waals surface area contributed by atoms with E-state index >= 15 is 0 Å². The van der Waals surface area contributed by atoms with Gasteiger partial charge in [0.1, 0.15) is 0 Å². The summed E-state index contributed by atoms with van der Waals surface area (Å²) in [6, 6.07) is 21.0. The number of carbonyl (C=O) groups excluding carboxylic acids is 1. The number of carboxylic acid groups (broad SMARTS) is 1. The summed E-state index contributed by atoms with van der Waals surface area (Å²) in [6.45, 7) is 19.0. The lowest BCUT2D eigenvalue weighted by molar-refractivity contribution is -0.857. The van der Waals surface area contributed by atoms with Crippen molar-refractivity contribution >= 4 is 11.9 Å². The third-order valence-electron chi connectivity index (χ3n) is 10.4. The molecule has 0 spiro atoms. The van der Waals surface area contributed by atoms with Gasteiger partial charge in [0.05, 0.1) is 33.6 Å². The predicted molar refractivity (Wildman–Crippen MR) is 228 cm³/mol. The third kappa shape index (κ3) is 21.7. The molecule has 0 heterocycles. The number of carbonyl (C=O) groups is 2. The number of carboxylic acids is 1. The summed E-state index contributed by atoms with van der Waals surface area (Å²) in [5.41, 5.74) is 2.35. The zero-order valence-corrected chi connectivity index (χ0v) is 36.1. The van der Waals surface area contributed by atoms with Gasteiger partial charge < -0.3 is 25.1 Å². The van der Waals surface area contributed by atoms with Crippen LogP contribution in [0.2, 0.25) is 0 Å². The van der Waals surface area contributed by atoms with Crippen molar-refractivity contribution in [3.05, 3.63) is 71.8 Å². The fraction of sp³-hybridized carbons (Fsp3) is 0.696. The Balaban J connectivity index is 0.000000872. The second kappa shape index (κ2) is 30.6. The van der Waals surface area contributed by atoms with E-state index < -0.39 is 5.97 Å². The molecule has 0 aliphatic carbocycles. The Morgan fingerprint density at radius 3 is 1.40 bits per heavy atom. The van der Waals surface area contributed by atoms with Gasteiger partial charge in [-0.15, -0.1) is 0 Å². The number of hydrogen-bond acceptors (Lipinski definition) is 4. The van der Waals surface area contributed by atoms with Crippen LogP contribution in [0.1, 0.15) is 143 Å².